The summed E-state index contributed by atoms with van der Waals surface area (Å²) >= 11 is 0. The van der Waals surface area contributed by atoms with Crippen molar-refractivity contribution in [2.75, 3.05) is 33.2 Å². The Morgan fingerprint density at radius 1 is 0.882 bits per heavy atom. The van der Waals surface area contributed by atoms with Gasteiger partial charge in [-0.15, -0.1) is 0 Å². The maximum absolute atomic E-state index is 3.55. The first-order valence-electron chi connectivity index (χ1n) is 6.98. The van der Waals surface area contributed by atoms with Gasteiger partial charge in [0.25, 0.3) is 0 Å². The third kappa shape index (κ3) is 6.85. The summed E-state index contributed by atoms with van der Waals surface area (Å²) in [5.74, 6) is 0. The molecule has 0 aliphatic rings. The fourth-order valence-electron chi connectivity index (χ4n) is 1.83. The Hall–Kier alpha value is 0.491. The van der Waals surface area contributed by atoms with Gasteiger partial charge in [0.2, 0.25) is 0 Å². The zero-order valence-corrected chi connectivity index (χ0v) is 16.6. The highest BCUT2D eigenvalue weighted by Crippen LogP contribution is 1.96. The van der Waals surface area contributed by atoms with Crippen LogP contribution >= 0.6 is 0 Å². The summed E-state index contributed by atoms with van der Waals surface area (Å²) in [4.78, 5) is 3.55. The van der Waals surface area contributed by atoms with Gasteiger partial charge in [0.1, 0.15) is 0 Å². The largest absolute Gasteiger partial charge is 0.344 e. The minimum atomic E-state index is -0.841. The minimum Gasteiger partial charge on any atom is -0.344 e. The average molecular weight is 293 g/mol. The third-order valence-electron chi connectivity index (χ3n) is 3.52. The van der Waals surface area contributed by atoms with Crippen molar-refractivity contribution in [3.05, 3.63) is 0 Å². The maximum Gasteiger partial charge on any atom is 0.171 e. The van der Waals surface area contributed by atoms with E-state index in [-0.39, 0.29) is 19.7 Å². The quantitative estimate of drug-likeness (QED) is 0.524. The highest BCUT2D eigenvalue weighted by molar-refractivity contribution is 6.71. The molecule has 0 aromatic rings. The van der Waals surface area contributed by atoms with Crippen molar-refractivity contribution in [2.24, 2.45) is 0 Å². The standard InChI is InChI=1S/C10H32N4Si3/c1-7-12(8-2)15-14(17(6)11-5)16-13(9-3)10-4/h11,17H,7-10,15-16H2,1-6H3. The van der Waals surface area contributed by atoms with Crippen molar-refractivity contribution in [2.45, 2.75) is 34.2 Å². The third-order valence-corrected chi connectivity index (χ3v) is 14.2. The van der Waals surface area contributed by atoms with Crippen LogP contribution in [0.5, 0.6) is 0 Å². The summed E-state index contributed by atoms with van der Waals surface area (Å²) in [6.07, 6.45) is 0. The Kier molecular flexibility index (Phi) is 10.7. The number of hydrogen-bond donors (Lipinski definition) is 1. The van der Waals surface area contributed by atoms with Gasteiger partial charge in [-0.05, 0) is 39.8 Å². The fourth-order valence-corrected chi connectivity index (χ4v) is 10.5. The predicted octanol–water partition coefficient (Wildman–Crippen LogP) is -0.961. The van der Waals surface area contributed by atoms with Crippen LogP contribution in [0.4, 0.5) is 0 Å². The second-order valence-corrected chi connectivity index (χ2v) is 13.4. The van der Waals surface area contributed by atoms with Crippen LogP contribution in [0.15, 0.2) is 0 Å². The van der Waals surface area contributed by atoms with Crippen LogP contribution < -0.4 is 4.98 Å². The molecule has 1 unspecified atom stereocenters. The molecule has 1 N–H and O–H groups in total. The van der Waals surface area contributed by atoms with E-state index in [1.807, 2.05) is 0 Å². The molecule has 0 amide bonds. The van der Waals surface area contributed by atoms with Gasteiger partial charge in [0, 0.05) is 0 Å². The molecule has 0 saturated heterocycles. The molecule has 0 bridgehead atoms. The molecule has 0 fully saturated rings. The van der Waals surface area contributed by atoms with Crippen molar-refractivity contribution in [1.82, 2.24) is 18.0 Å². The Morgan fingerprint density at radius 3 is 1.47 bits per heavy atom. The van der Waals surface area contributed by atoms with Crippen molar-refractivity contribution < 1.29 is 0 Å². The molecule has 104 valence electrons. The lowest BCUT2D eigenvalue weighted by Crippen LogP contribution is -2.58. The molecule has 4 nitrogen and oxygen atoms in total. The van der Waals surface area contributed by atoms with Crippen LogP contribution in [0.3, 0.4) is 0 Å². The molecule has 17 heavy (non-hydrogen) atoms. The smallest absolute Gasteiger partial charge is 0.171 e. The van der Waals surface area contributed by atoms with E-state index in [9.17, 15) is 0 Å². The lowest BCUT2D eigenvalue weighted by molar-refractivity contribution is 0.454. The second-order valence-electron chi connectivity index (χ2n) is 4.44. The Bertz CT molecular complexity index is 163. The minimum absolute atomic E-state index is 0.195. The van der Waals surface area contributed by atoms with Crippen molar-refractivity contribution >= 4 is 28.8 Å². The second kappa shape index (κ2) is 10.4. The van der Waals surface area contributed by atoms with E-state index < -0.39 is 9.12 Å². The molecule has 0 aromatic carbocycles. The lowest BCUT2D eigenvalue weighted by Gasteiger charge is -2.35. The van der Waals surface area contributed by atoms with Crippen LogP contribution in [0.1, 0.15) is 27.7 Å². The molecule has 0 aliphatic heterocycles. The SMILES string of the molecule is CCN(CC)[SiH2]N([SiH2]N(CC)CC)[SiH](C)NC. The van der Waals surface area contributed by atoms with Gasteiger partial charge in [-0.1, -0.05) is 27.7 Å². The highest BCUT2D eigenvalue weighted by Gasteiger charge is 2.18. The maximum atomic E-state index is 3.55. The Morgan fingerprint density at radius 2 is 1.24 bits per heavy atom. The van der Waals surface area contributed by atoms with Gasteiger partial charge >= 0.3 is 0 Å². The van der Waals surface area contributed by atoms with Crippen molar-refractivity contribution in [3.8, 4) is 0 Å². The van der Waals surface area contributed by atoms with E-state index in [0.717, 1.165) is 0 Å². The van der Waals surface area contributed by atoms with Gasteiger partial charge in [-0.2, -0.15) is 0 Å². The van der Waals surface area contributed by atoms with E-state index in [2.05, 4.69) is 59.3 Å². The van der Waals surface area contributed by atoms with Crippen LogP contribution in [-0.4, -0.2) is 75.1 Å². The fraction of sp³-hybridized carbons (Fsp3) is 1.00. The van der Waals surface area contributed by atoms with Crippen LogP contribution in [0, 0.1) is 0 Å². The summed E-state index contributed by atoms with van der Waals surface area (Å²) in [6, 6.07) is 0. The first-order chi connectivity index (χ1) is 8.12. The summed E-state index contributed by atoms with van der Waals surface area (Å²) in [5.41, 5.74) is 0. The van der Waals surface area contributed by atoms with Crippen molar-refractivity contribution in [1.29, 1.82) is 0 Å². The van der Waals surface area contributed by atoms with Gasteiger partial charge in [0.05, 0.1) is 0 Å². The highest BCUT2D eigenvalue weighted by atomic mass is 28.4. The number of hydrogen-bond acceptors (Lipinski definition) is 4. The summed E-state index contributed by atoms with van der Waals surface area (Å²) < 4.78 is 8.23. The van der Waals surface area contributed by atoms with Crippen LogP contribution in [0.25, 0.3) is 0 Å². The number of nitrogens with zero attached hydrogens (tertiary/aromatic N) is 3. The zero-order valence-electron chi connectivity index (χ0n) is 12.7. The Balaban J connectivity index is 4.41. The van der Waals surface area contributed by atoms with E-state index in [4.69, 9.17) is 0 Å². The molecule has 0 rings (SSSR count). The van der Waals surface area contributed by atoms with E-state index in [0.29, 0.717) is 0 Å². The van der Waals surface area contributed by atoms with Gasteiger partial charge in [-0.25, -0.2) is 0 Å². The van der Waals surface area contributed by atoms with Crippen LogP contribution in [-0.2, 0) is 0 Å². The van der Waals surface area contributed by atoms with Crippen molar-refractivity contribution in [3.63, 3.8) is 0 Å². The van der Waals surface area contributed by atoms with Gasteiger partial charge < -0.3 is 18.0 Å². The summed E-state index contributed by atoms with van der Waals surface area (Å²) in [6.45, 7) is 16.5. The molecule has 0 radical (unpaired) electrons. The van der Waals surface area contributed by atoms with E-state index in [1.54, 1.807) is 0 Å². The van der Waals surface area contributed by atoms with Crippen LogP contribution in [0.2, 0.25) is 6.55 Å². The normalized spacial score (nSPS) is 15.4. The topological polar surface area (TPSA) is 21.8 Å². The molecular formula is C10H32N4Si3. The molecule has 0 aliphatic carbocycles. The number of nitrogens with one attached hydrogen (secondary N) is 1. The van der Waals surface area contributed by atoms with Gasteiger partial charge in [-0.3, -0.25) is 0 Å². The van der Waals surface area contributed by atoms with E-state index in [1.165, 1.54) is 26.2 Å². The summed E-state index contributed by atoms with van der Waals surface area (Å²) in [5, 5.41) is 0. The zero-order chi connectivity index (χ0) is 13.3. The molecule has 7 heteroatoms. The monoisotopic (exact) mass is 292 g/mol. The average Bonchev–Trinajstić information content (AvgIpc) is 2.38. The van der Waals surface area contributed by atoms with Gasteiger partial charge in [0.15, 0.2) is 28.8 Å². The number of rotatable bonds is 10. The first kappa shape index (κ1) is 17.5. The molecule has 0 spiro atoms. The summed E-state index contributed by atoms with van der Waals surface area (Å²) in [7, 11) is 0.906. The molecular weight excluding hydrogens is 260 g/mol. The molecule has 1 atom stereocenters. The molecule has 0 aromatic heterocycles. The predicted molar refractivity (Wildman–Crippen MR) is 86.8 cm³/mol. The lowest BCUT2D eigenvalue weighted by atomic mass is 10.7. The molecule has 0 saturated carbocycles. The molecule has 0 heterocycles. The first-order valence-corrected chi connectivity index (χ1v) is 11.8. The Labute approximate surface area is 114 Å². The van der Waals surface area contributed by atoms with E-state index >= 15 is 0 Å².